The van der Waals surface area contributed by atoms with E-state index in [9.17, 15) is 4.79 Å². The van der Waals surface area contributed by atoms with E-state index < -0.39 is 0 Å². The number of ether oxygens (including phenoxy) is 1. The molecule has 1 heterocycles. The second-order valence-electron chi connectivity index (χ2n) is 6.18. The second kappa shape index (κ2) is 8.96. The summed E-state index contributed by atoms with van der Waals surface area (Å²) in [6.45, 7) is 7.03. The largest absolute Gasteiger partial charge is 0.494 e. The molecule has 0 saturated carbocycles. The first kappa shape index (κ1) is 17.9. The highest BCUT2D eigenvalue weighted by Crippen LogP contribution is 2.18. The molecule has 0 aliphatic rings. The van der Waals surface area contributed by atoms with Gasteiger partial charge in [0.2, 0.25) is 5.91 Å². The van der Waals surface area contributed by atoms with Gasteiger partial charge in [0.25, 0.3) is 0 Å². The van der Waals surface area contributed by atoms with E-state index in [1.807, 2.05) is 31.2 Å². The predicted octanol–water partition coefficient (Wildman–Crippen LogP) is 4.60. The fourth-order valence-corrected chi connectivity index (χ4v) is 2.15. The summed E-state index contributed by atoms with van der Waals surface area (Å²) in [6, 6.07) is 11.3. The Hall–Kier alpha value is -2.49. The van der Waals surface area contributed by atoms with Gasteiger partial charge >= 0.3 is 0 Å². The summed E-state index contributed by atoms with van der Waals surface area (Å²) in [6.07, 6.45) is 5.73. The van der Waals surface area contributed by atoms with Gasteiger partial charge in [-0.25, -0.2) is 0 Å². The SMILES string of the molecule is CC(C)CCOc1ccc(C(C)NC(=O)C=Cc2ccco2)cc1. The van der Waals surface area contributed by atoms with Crippen molar-refractivity contribution in [3.63, 3.8) is 0 Å². The lowest BCUT2D eigenvalue weighted by Crippen LogP contribution is -2.24. The Kier molecular flexibility index (Phi) is 6.67. The van der Waals surface area contributed by atoms with Crippen LogP contribution in [0.3, 0.4) is 0 Å². The standard InChI is InChI=1S/C20H25NO3/c1-15(2)12-14-24-19-8-6-17(7-9-19)16(3)21-20(22)11-10-18-5-4-13-23-18/h4-11,13,15-16H,12,14H2,1-3H3,(H,21,22). The molecule has 24 heavy (non-hydrogen) atoms. The lowest BCUT2D eigenvalue weighted by atomic mass is 10.1. The van der Waals surface area contributed by atoms with E-state index in [1.165, 1.54) is 6.08 Å². The summed E-state index contributed by atoms with van der Waals surface area (Å²) < 4.78 is 10.9. The molecule has 0 bridgehead atoms. The van der Waals surface area contributed by atoms with E-state index in [0.29, 0.717) is 11.7 Å². The average Bonchev–Trinajstić information content (AvgIpc) is 3.06. The summed E-state index contributed by atoms with van der Waals surface area (Å²) in [7, 11) is 0. The van der Waals surface area contributed by atoms with Crippen molar-refractivity contribution >= 4 is 12.0 Å². The van der Waals surface area contributed by atoms with Crippen molar-refractivity contribution in [2.24, 2.45) is 5.92 Å². The van der Waals surface area contributed by atoms with Crippen LogP contribution in [-0.4, -0.2) is 12.5 Å². The van der Waals surface area contributed by atoms with Gasteiger partial charge < -0.3 is 14.5 Å². The van der Waals surface area contributed by atoms with Crippen LogP contribution in [0.2, 0.25) is 0 Å². The van der Waals surface area contributed by atoms with Gasteiger partial charge in [0.15, 0.2) is 0 Å². The topological polar surface area (TPSA) is 51.5 Å². The molecule has 1 atom stereocenters. The molecule has 0 fully saturated rings. The zero-order valence-corrected chi connectivity index (χ0v) is 14.5. The van der Waals surface area contributed by atoms with Crippen molar-refractivity contribution in [3.8, 4) is 5.75 Å². The Morgan fingerprint density at radius 2 is 1.96 bits per heavy atom. The van der Waals surface area contributed by atoms with Crippen molar-refractivity contribution in [1.82, 2.24) is 5.32 Å². The molecule has 1 unspecified atom stereocenters. The zero-order valence-electron chi connectivity index (χ0n) is 14.5. The molecule has 1 amide bonds. The minimum absolute atomic E-state index is 0.0801. The van der Waals surface area contributed by atoms with Crippen LogP contribution in [0.25, 0.3) is 6.08 Å². The van der Waals surface area contributed by atoms with E-state index in [4.69, 9.17) is 9.15 Å². The Morgan fingerprint density at radius 3 is 2.58 bits per heavy atom. The van der Waals surface area contributed by atoms with Crippen LogP contribution in [0.4, 0.5) is 0 Å². The van der Waals surface area contributed by atoms with Crippen molar-refractivity contribution in [2.75, 3.05) is 6.61 Å². The fourth-order valence-electron chi connectivity index (χ4n) is 2.15. The molecule has 1 aromatic carbocycles. The first-order valence-corrected chi connectivity index (χ1v) is 8.29. The lowest BCUT2D eigenvalue weighted by molar-refractivity contribution is -0.117. The number of rotatable bonds is 8. The van der Waals surface area contributed by atoms with Gasteiger partial charge in [0.05, 0.1) is 18.9 Å². The van der Waals surface area contributed by atoms with Crippen LogP contribution in [0.1, 0.15) is 44.6 Å². The second-order valence-corrected chi connectivity index (χ2v) is 6.18. The minimum atomic E-state index is -0.156. The molecule has 0 aliphatic heterocycles. The minimum Gasteiger partial charge on any atom is -0.494 e. The summed E-state index contributed by atoms with van der Waals surface area (Å²) in [5.74, 6) is 1.99. The number of carbonyl (C=O) groups is 1. The molecule has 128 valence electrons. The van der Waals surface area contributed by atoms with Crippen LogP contribution >= 0.6 is 0 Å². The van der Waals surface area contributed by atoms with Gasteiger partial charge in [-0.1, -0.05) is 26.0 Å². The summed E-state index contributed by atoms with van der Waals surface area (Å²) in [5.41, 5.74) is 1.03. The third-order valence-electron chi connectivity index (χ3n) is 3.64. The molecule has 4 heteroatoms. The predicted molar refractivity (Wildman–Crippen MR) is 95.7 cm³/mol. The molecular weight excluding hydrogens is 302 g/mol. The summed E-state index contributed by atoms with van der Waals surface area (Å²) in [4.78, 5) is 11.9. The smallest absolute Gasteiger partial charge is 0.244 e. The number of nitrogens with one attached hydrogen (secondary N) is 1. The zero-order chi connectivity index (χ0) is 17.4. The van der Waals surface area contributed by atoms with Crippen LogP contribution in [0, 0.1) is 5.92 Å². The maximum Gasteiger partial charge on any atom is 0.244 e. The van der Waals surface area contributed by atoms with Gasteiger partial charge in [0, 0.05) is 6.08 Å². The molecule has 0 saturated heterocycles. The molecule has 2 aromatic rings. The van der Waals surface area contributed by atoms with Gasteiger partial charge in [-0.2, -0.15) is 0 Å². The number of carbonyl (C=O) groups excluding carboxylic acids is 1. The highest BCUT2D eigenvalue weighted by atomic mass is 16.5. The Balaban J connectivity index is 1.83. The van der Waals surface area contributed by atoms with E-state index in [1.54, 1.807) is 24.5 Å². The molecule has 1 aromatic heterocycles. The van der Waals surface area contributed by atoms with Gasteiger partial charge in [-0.05, 0) is 55.2 Å². The first-order chi connectivity index (χ1) is 11.5. The van der Waals surface area contributed by atoms with Gasteiger partial charge in [-0.15, -0.1) is 0 Å². The number of amides is 1. The van der Waals surface area contributed by atoms with E-state index >= 15 is 0 Å². The van der Waals surface area contributed by atoms with Crippen LogP contribution in [-0.2, 0) is 4.79 Å². The molecular formula is C20H25NO3. The number of benzene rings is 1. The maximum absolute atomic E-state index is 11.9. The molecule has 4 nitrogen and oxygen atoms in total. The van der Waals surface area contributed by atoms with Crippen LogP contribution < -0.4 is 10.1 Å². The molecule has 1 N–H and O–H groups in total. The maximum atomic E-state index is 11.9. The normalized spacial score (nSPS) is 12.5. The quantitative estimate of drug-likeness (QED) is 0.721. The summed E-state index contributed by atoms with van der Waals surface area (Å²) >= 11 is 0. The van der Waals surface area contributed by atoms with Crippen molar-refractivity contribution < 1.29 is 13.9 Å². The van der Waals surface area contributed by atoms with Crippen LogP contribution in [0.15, 0.2) is 53.2 Å². The monoisotopic (exact) mass is 327 g/mol. The van der Waals surface area contributed by atoms with Crippen molar-refractivity contribution in [3.05, 3.63) is 60.1 Å². The van der Waals surface area contributed by atoms with Gasteiger partial charge in [-0.3, -0.25) is 4.79 Å². The average molecular weight is 327 g/mol. The Bertz CT molecular complexity index is 642. The molecule has 0 spiro atoms. The fraction of sp³-hybridized carbons (Fsp3) is 0.350. The van der Waals surface area contributed by atoms with E-state index in [2.05, 4.69) is 19.2 Å². The van der Waals surface area contributed by atoms with Crippen molar-refractivity contribution in [2.45, 2.75) is 33.2 Å². The Morgan fingerprint density at radius 1 is 1.21 bits per heavy atom. The Labute approximate surface area is 143 Å². The van der Waals surface area contributed by atoms with Crippen molar-refractivity contribution in [1.29, 1.82) is 0 Å². The highest BCUT2D eigenvalue weighted by Gasteiger charge is 2.08. The van der Waals surface area contributed by atoms with E-state index in [-0.39, 0.29) is 11.9 Å². The molecule has 0 aliphatic carbocycles. The number of furan rings is 1. The summed E-state index contributed by atoms with van der Waals surface area (Å²) in [5, 5.41) is 2.93. The highest BCUT2D eigenvalue weighted by molar-refractivity contribution is 5.91. The number of hydrogen-bond acceptors (Lipinski definition) is 3. The molecule has 0 radical (unpaired) electrons. The molecule has 2 rings (SSSR count). The number of hydrogen-bond donors (Lipinski definition) is 1. The third-order valence-corrected chi connectivity index (χ3v) is 3.64. The lowest BCUT2D eigenvalue weighted by Gasteiger charge is -2.14. The van der Waals surface area contributed by atoms with Crippen LogP contribution in [0.5, 0.6) is 5.75 Å². The first-order valence-electron chi connectivity index (χ1n) is 8.29. The van der Waals surface area contributed by atoms with Gasteiger partial charge in [0.1, 0.15) is 11.5 Å². The third kappa shape index (κ3) is 5.95. The van der Waals surface area contributed by atoms with E-state index in [0.717, 1.165) is 24.3 Å².